The number of ether oxygens (including phenoxy) is 1. The number of nitrogens with zero attached hydrogens (tertiary/aromatic N) is 1. The molecule has 0 saturated heterocycles. The molecule has 1 N–H and O–H groups in total. The van der Waals surface area contributed by atoms with E-state index in [0.717, 1.165) is 12.0 Å². The summed E-state index contributed by atoms with van der Waals surface area (Å²) in [6.07, 6.45) is 1.38. The van der Waals surface area contributed by atoms with Gasteiger partial charge in [0.15, 0.2) is 0 Å². The number of hydrogen-bond donors (Lipinski definition) is 1. The Kier molecular flexibility index (Phi) is 3.93. The Hall–Kier alpha value is -1.37. The van der Waals surface area contributed by atoms with Gasteiger partial charge in [-0.15, -0.1) is 0 Å². The Labute approximate surface area is 115 Å². The van der Waals surface area contributed by atoms with E-state index in [2.05, 4.69) is 38.2 Å². The number of nitriles is 1. The average Bonchev–Trinajstić information content (AvgIpc) is 2.42. The van der Waals surface area contributed by atoms with Gasteiger partial charge in [-0.25, -0.2) is 0 Å². The van der Waals surface area contributed by atoms with Gasteiger partial charge in [-0.1, -0.05) is 26.0 Å². The van der Waals surface area contributed by atoms with Gasteiger partial charge < -0.3 is 10.1 Å². The second-order valence-electron chi connectivity index (χ2n) is 5.96. The van der Waals surface area contributed by atoms with E-state index >= 15 is 0 Å². The van der Waals surface area contributed by atoms with Crippen LogP contribution in [0.4, 0.5) is 0 Å². The summed E-state index contributed by atoms with van der Waals surface area (Å²) in [4.78, 5) is 0. The first-order valence-corrected chi connectivity index (χ1v) is 6.78. The summed E-state index contributed by atoms with van der Waals surface area (Å²) in [7, 11) is 1.78. The molecule has 0 aliphatic heterocycles. The molecule has 1 aliphatic carbocycles. The zero-order valence-corrected chi connectivity index (χ0v) is 12.1. The molecular weight excluding hydrogens is 236 g/mol. The Morgan fingerprint density at radius 3 is 2.79 bits per heavy atom. The molecule has 102 valence electrons. The molecule has 3 heteroatoms. The van der Waals surface area contributed by atoms with Gasteiger partial charge in [-0.3, -0.25) is 0 Å². The highest BCUT2D eigenvalue weighted by Gasteiger charge is 2.48. The van der Waals surface area contributed by atoms with Gasteiger partial charge in [-0.2, -0.15) is 5.26 Å². The van der Waals surface area contributed by atoms with Crippen molar-refractivity contribution in [2.45, 2.75) is 45.4 Å². The van der Waals surface area contributed by atoms with E-state index in [9.17, 15) is 0 Å². The van der Waals surface area contributed by atoms with Crippen molar-refractivity contribution >= 4 is 0 Å². The molecule has 3 atom stereocenters. The highest BCUT2D eigenvalue weighted by Crippen LogP contribution is 2.43. The summed E-state index contributed by atoms with van der Waals surface area (Å²) in [6, 6.07) is 10.7. The summed E-state index contributed by atoms with van der Waals surface area (Å²) < 4.78 is 5.47. The molecule has 2 rings (SSSR count). The lowest BCUT2D eigenvalue weighted by Gasteiger charge is -2.52. The van der Waals surface area contributed by atoms with Gasteiger partial charge in [-0.05, 0) is 31.0 Å². The van der Waals surface area contributed by atoms with Crippen LogP contribution in [-0.4, -0.2) is 19.3 Å². The summed E-state index contributed by atoms with van der Waals surface area (Å²) in [6.45, 7) is 6.62. The lowest BCUT2D eigenvalue weighted by Crippen LogP contribution is -2.60. The van der Waals surface area contributed by atoms with Gasteiger partial charge in [0.05, 0.1) is 17.7 Å². The number of methoxy groups -OCH3 is 1. The van der Waals surface area contributed by atoms with E-state index in [1.807, 2.05) is 18.2 Å². The number of benzene rings is 1. The third-order valence-electron chi connectivity index (χ3n) is 4.43. The van der Waals surface area contributed by atoms with Crippen LogP contribution in [0.2, 0.25) is 0 Å². The zero-order valence-electron chi connectivity index (χ0n) is 12.1. The van der Waals surface area contributed by atoms with Crippen molar-refractivity contribution in [3.8, 4) is 6.07 Å². The zero-order chi connectivity index (χ0) is 14.0. The second-order valence-corrected chi connectivity index (χ2v) is 5.96. The highest BCUT2D eigenvalue weighted by molar-refractivity contribution is 5.34. The Morgan fingerprint density at radius 2 is 2.21 bits per heavy atom. The van der Waals surface area contributed by atoms with Crippen molar-refractivity contribution in [3.05, 3.63) is 35.4 Å². The Bertz CT molecular complexity index is 490. The predicted molar refractivity (Wildman–Crippen MR) is 75.7 cm³/mol. The molecule has 0 radical (unpaired) electrons. The van der Waals surface area contributed by atoms with Crippen molar-refractivity contribution in [2.24, 2.45) is 5.41 Å². The van der Waals surface area contributed by atoms with Crippen LogP contribution < -0.4 is 5.32 Å². The van der Waals surface area contributed by atoms with E-state index in [1.54, 1.807) is 7.11 Å². The van der Waals surface area contributed by atoms with Gasteiger partial charge in [0, 0.05) is 24.6 Å². The fourth-order valence-electron chi connectivity index (χ4n) is 2.84. The topological polar surface area (TPSA) is 45.0 Å². The van der Waals surface area contributed by atoms with Gasteiger partial charge in [0.25, 0.3) is 0 Å². The maximum Gasteiger partial charge on any atom is 0.0991 e. The molecule has 1 fully saturated rings. The van der Waals surface area contributed by atoms with E-state index in [0.29, 0.717) is 17.7 Å². The lowest BCUT2D eigenvalue weighted by molar-refractivity contribution is -0.0999. The molecule has 0 bridgehead atoms. The van der Waals surface area contributed by atoms with Crippen molar-refractivity contribution in [3.63, 3.8) is 0 Å². The maximum atomic E-state index is 8.95. The molecule has 3 unspecified atom stereocenters. The summed E-state index contributed by atoms with van der Waals surface area (Å²) in [5, 5.41) is 12.6. The van der Waals surface area contributed by atoms with Crippen LogP contribution in [-0.2, 0) is 4.74 Å². The second kappa shape index (κ2) is 5.32. The van der Waals surface area contributed by atoms with E-state index in [4.69, 9.17) is 10.00 Å². The SMILES string of the molecule is COC1CC(NC(C)c2cccc(C#N)c2)C1(C)C. The van der Waals surface area contributed by atoms with Crippen molar-refractivity contribution in [2.75, 3.05) is 7.11 Å². The monoisotopic (exact) mass is 258 g/mol. The smallest absolute Gasteiger partial charge is 0.0991 e. The van der Waals surface area contributed by atoms with Crippen LogP contribution >= 0.6 is 0 Å². The highest BCUT2D eigenvalue weighted by atomic mass is 16.5. The standard InChI is InChI=1S/C16H22N2O/c1-11(13-7-5-6-12(8-13)10-17)18-14-9-15(19-4)16(14,2)3/h5-8,11,14-15,18H,9H2,1-4H3. The first-order chi connectivity index (χ1) is 8.98. The van der Waals surface area contributed by atoms with Crippen LogP contribution in [0.1, 0.15) is 44.4 Å². The number of nitrogens with one attached hydrogen (secondary N) is 1. The molecule has 1 aromatic carbocycles. The maximum absolute atomic E-state index is 8.95. The van der Waals surface area contributed by atoms with Crippen molar-refractivity contribution in [1.82, 2.24) is 5.32 Å². The van der Waals surface area contributed by atoms with Gasteiger partial charge >= 0.3 is 0 Å². The van der Waals surface area contributed by atoms with E-state index in [-0.39, 0.29) is 11.5 Å². The van der Waals surface area contributed by atoms with Gasteiger partial charge in [0.1, 0.15) is 0 Å². The predicted octanol–water partition coefficient (Wildman–Crippen LogP) is 3.02. The van der Waals surface area contributed by atoms with Crippen LogP contribution in [0.3, 0.4) is 0 Å². The third-order valence-corrected chi connectivity index (χ3v) is 4.43. The van der Waals surface area contributed by atoms with Crippen LogP contribution in [0.5, 0.6) is 0 Å². The minimum Gasteiger partial charge on any atom is -0.381 e. The van der Waals surface area contributed by atoms with Crippen LogP contribution in [0.15, 0.2) is 24.3 Å². The molecule has 1 aromatic rings. The summed E-state index contributed by atoms with van der Waals surface area (Å²) in [5.41, 5.74) is 2.04. The van der Waals surface area contributed by atoms with Crippen LogP contribution in [0, 0.1) is 16.7 Å². The molecule has 19 heavy (non-hydrogen) atoms. The minimum atomic E-state index is 0.163. The third kappa shape index (κ3) is 2.65. The number of hydrogen-bond acceptors (Lipinski definition) is 3. The fraction of sp³-hybridized carbons (Fsp3) is 0.562. The molecule has 1 saturated carbocycles. The van der Waals surface area contributed by atoms with Crippen molar-refractivity contribution in [1.29, 1.82) is 5.26 Å². The van der Waals surface area contributed by atoms with E-state index in [1.165, 1.54) is 0 Å². The number of rotatable bonds is 4. The molecule has 0 spiro atoms. The molecular formula is C16H22N2O. The van der Waals surface area contributed by atoms with Crippen LogP contribution in [0.25, 0.3) is 0 Å². The van der Waals surface area contributed by atoms with Gasteiger partial charge in [0.2, 0.25) is 0 Å². The minimum absolute atomic E-state index is 0.163. The fourth-order valence-corrected chi connectivity index (χ4v) is 2.84. The summed E-state index contributed by atoms with van der Waals surface area (Å²) in [5.74, 6) is 0. The Morgan fingerprint density at radius 1 is 1.47 bits per heavy atom. The lowest BCUT2D eigenvalue weighted by atomic mass is 9.64. The molecule has 0 amide bonds. The normalized spacial score (nSPS) is 26.3. The molecule has 3 nitrogen and oxygen atoms in total. The van der Waals surface area contributed by atoms with E-state index < -0.39 is 0 Å². The molecule has 0 aromatic heterocycles. The molecule has 1 aliphatic rings. The summed E-state index contributed by atoms with van der Waals surface area (Å²) >= 11 is 0. The Balaban J connectivity index is 2.02. The first-order valence-electron chi connectivity index (χ1n) is 6.78. The largest absolute Gasteiger partial charge is 0.381 e. The van der Waals surface area contributed by atoms with Crippen molar-refractivity contribution < 1.29 is 4.74 Å². The first kappa shape index (κ1) is 14.0. The average molecular weight is 258 g/mol. The quantitative estimate of drug-likeness (QED) is 0.903. The molecule has 0 heterocycles.